The van der Waals surface area contributed by atoms with Gasteiger partial charge in [0.2, 0.25) is 0 Å². The molecule has 0 unspecified atom stereocenters. The zero-order chi connectivity index (χ0) is 12.8. The van der Waals surface area contributed by atoms with E-state index in [2.05, 4.69) is 10.3 Å². The van der Waals surface area contributed by atoms with E-state index in [1.807, 2.05) is 37.3 Å². The van der Waals surface area contributed by atoms with Crippen molar-refractivity contribution in [2.24, 2.45) is 0 Å². The normalized spacial score (nSPS) is 10.7. The van der Waals surface area contributed by atoms with E-state index in [0.717, 1.165) is 23.9 Å². The van der Waals surface area contributed by atoms with Crippen LogP contribution in [0.25, 0.3) is 10.9 Å². The third-order valence-electron chi connectivity index (χ3n) is 2.73. The summed E-state index contributed by atoms with van der Waals surface area (Å²) < 4.78 is 5.21. The van der Waals surface area contributed by atoms with Crippen LogP contribution in [0.1, 0.15) is 23.8 Å². The number of hydrogen-bond donors (Lipinski definition) is 2. The van der Waals surface area contributed by atoms with E-state index >= 15 is 0 Å². The average molecular weight is 246 g/mol. The Bertz CT molecular complexity index is 486. The molecule has 2 aromatic rings. The molecule has 18 heavy (non-hydrogen) atoms. The van der Waals surface area contributed by atoms with Crippen LogP contribution in [0.5, 0.6) is 0 Å². The maximum atomic E-state index is 11.9. The van der Waals surface area contributed by atoms with Gasteiger partial charge in [-0.1, -0.05) is 18.2 Å². The SMILES string of the molecule is CCOCCCNC(=O)c1cc2ccccc2[nH]1. The number of H-pyrrole nitrogens is 1. The molecule has 0 aliphatic rings. The second kappa shape index (κ2) is 6.21. The summed E-state index contributed by atoms with van der Waals surface area (Å²) in [5.74, 6) is -0.0669. The van der Waals surface area contributed by atoms with Crippen LogP contribution in [0.4, 0.5) is 0 Å². The first-order valence-corrected chi connectivity index (χ1v) is 6.25. The molecule has 96 valence electrons. The monoisotopic (exact) mass is 246 g/mol. The summed E-state index contributed by atoms with van der Waals surface area (Å²) in [6.07, 6.45) is 0.833. The first-order valence-electron chi connectivity index (χ1n) is 6.25. The van der Waals surface area contributed by atoms with Crippen molar-refractivity contribution in [2.45, 2.75) is 13.3 Å². The molecule has 0 spiro atoms. The predicted molar refractivity (Wildman–Crippen MR) is 71.7 cm³/mol. The number of para-hydroxylation sites is 1. The fraction of sp³-hybridized carbons (Fsp3) is 0.357. The molecule has 0 radical (unpaired) electrons. The summed E-state index contributed by atoms with van der Waals surface area (Å²) in [5, 5.41) is 3.92. The third kappa shape index (κ3) is 3.11. The number of carbonyl (C=O) groups is 1. The second-order valence-electron chi connectivity index (χ2n) is 4.08. The number of fused-ring (bicyclic) bond motifs is 1. The Kier molecular flexibility index (Phi) is 4.36. The van der Waals surface area contributed by atoms with Crippen molar-refractivity contribution in [3.63, 3.8) is 0 Å². The molecule has 0 atom stereocenters. The molecule has 4 heteroatoms. The van der Waals surface area contributed by atoms with Crippen molar-refractivity contribution in [1.29, 1.82) is 0 Å². The Hall–Kier alpha value is -1.81. The Morgan fingerprint density at radius 1 is 1.39 bits per heavy atom. The number of benzene rings is 1. The molecule has 1 heterocycles. The molecule has 1 amide bonds. The number of aromatic nitrogens is 1. The standard InChI is InChI=1S/C14H18N2O2/c1-2-18-9-5-8-15-14(17)13-10-11-6-3-4-7-12(11)16-13/h3-4,6-7,10,16H,2,5,8-9H2,1H3,(H,15,17). The van der Waals surface area contributed by atoms with Crippen LogP contribution >= 0.6 is 0 Å². The minimum Gasteiger partial charge on any atom is -0.382 e. The van der Waals surface area contributed by atoms with Crippen LogP contribution in [-0.2, 0) is 4.74 Å². The Morgan fingerprint density at radius 3 is 3.00 bits per heavy atom. The molecule has 0 aliphatic heterocycles. The lowest BCUT2D eigenvalue weighted by Crippen LogP contribution is -2.25. The maximum absolute atomic E-state index is 11.9. The highest BCUT2D eigenvalue weighted by Gasteiger charge is 2.07. The number of rotatable bonds is 6. The van der Waals surface area contributed by atoms with Crippen LogP contribution in [0.3, 0.4) is 0 Å². The van der Waals surface area contributed by atoms with Crippen molar-refractivity contribution in [2.75, 3.05) is 19.8 Å². The average Bonchev–Trinajstić information content (AvgIpc) is 2.82. The molecular weight excluding hydrogens is 228 g/mol. The van der Waals surface area contributed by atoms with E-state index in [-0.39, 0.29) is 5.91 Å². The highest BCUT2D eigenvalue weighted by molar-refractivity contribution is 5.97. The molecule has 4 nitrogen and oxygen atoms in total. The highest BCUT2D eigenvalue weighted by Crippen LogP contribution is 2.14. The number of aromatic amines is 1. The van der Waals surface area contributed by atoms with Gasteiger partial charge in [-0.3, -0.25) is 4.79 Å². The topological polar surface area (TPSA) is 54.1 Å². The summed E-state index contributed by atoms with van der Waals surface area (Å²) in [6, 6.07) is 9.72. The molecule has 1 aromatic carbocycles. The lowest BCUT2D eigenvalue weighted by Gasteiger charge is -2.03. The molecule has 0 aliphatic carbocycles. The second-order valence-corrected chi connectivity index (χ2v) is 4.08. The minimum absolute atomic E-state index is 0.0669. The van der Waals surface area contributed by atoms with Crippen LogP contribution in [0.15, 0.2) is 30.3 Å². The molecule has 2 rings (SSSR count). The van der Waals surface area contributed by atoms with Gasteiger partial charge in [-0.2, -0.15) is 0 Å². The fourth-order valence-electron chi connectivity index (χ4n) is 1.81. The van der Waals surface area contributed by atoms with Gasteiger partial charge >= 0.3 is 0 Å². The van der Waals surface area contributed by atoms with Crippen molar-refractivity contribution in [3.8, 4) is 0 Å². The Morgan fingerprint density at radius 2 is 2.22 bits per heavy atom. The summed E-state index contributed by atoms with van der Waals surface area (Å²) in [4.78, 5) is 15.0. The van der Waals surface area contributed by atoms with E-state index < -0.39 is 0 Å². The van der Waals surface area contributed by atoms with Gasteiger partial charge in [0.05, 0.1) is 0 Å². The summed E-state index contributed by atoms with van der Waals surface area (Å²) in [5.41, 5.74) is 1.59. The number of hydrogen-bond acceptors (Lipinski definition) is 2. The Labute approximate surface area is 106 Å². The molecule has 0 bridgehead atoms. The van der Waals surface area contributed by atoms with Crippen molar-refractivity contribution < 1.29 is 9.53 Å². The van der Waals surface area contributed by atoms with Crippen LogP contribution < -0.4 is 5.32 Å². The summed E-state index contributed by atoms with van der Waals surface area (Å²) in [7, 11) is 0. The van der Waals surface area contributed by atoms with E-state index in [4.69, 9.17) is 4.74 Å². The molecule has 0 saturated heterocycles. The molecular formula is C14H18N2O2. The van der Waals surface area contributed by atoms with E-state index in [0.29, 0.717) is 18.8 Å². The number of ether oxygens (including phenoxy) is 1. The largest absolute Gasteiger partial charge is 0.382 e. The first kappa shape index (κ1) is 12.6. The lowest BCUT2D eigenvalue weighted by molar-refractivity contribution is 0.0940. The third-order valence-corrected chi connectivity index (χ3v) is 2.73. The van der Waals surface area contributed by atoms with E-state index in [1.165, 1.54) is 0 Å². The van der Waals surface area contributed by atoms with Gasteiger partial charge in [0, 0.05) is 30.7 Å². The first-order chi connectivity index (χ1) is 8.81. The molecule has 0 saturated carbocycles. The molecule has 2 N–H and O–H groups in total. The smallest absolute Gasteiger partial charge is 0.267 e. The number of carbonyl (C=O) groups excluding carboxylic acids is 1. The van der Waals surface area contributed by atoms with Gasteiger partial charge in [-0.25, -0.2) is 0 Å². The summed E-state index contributed by atoms with van der Waals surface area (Å²) in [6.45, 7) is 4.00. The van der Waals surface area contributed by atoms with Gasteiger partial charge in [0.25, 0.3) is 5.91 Å². The van der Waals surface area contributed by atoms with Crippen molar-refractivity contribution >= 4 is 16.8 Å². The zero-order valence-corrected chi connectivity index (χ0v) is 10.5. The summed E-state index contributed by atoms with van der Waals surface area (Å²) >= 11 is 0. The Balaban J connectivity index is 1.88. The molecule has 1 aromatic heterocycles. The fourth-order valence-corrected chi connectivity index (χ4v) is 1.81. The van der Waals surface area contributed by atoms with Gasteiger partial charge in [-0.05, 0) is 25.5 Å². The van der Waals surface area contributed by atoms with Crippen molar-refractivity contribution in [3.05, 3.63) is 36.0 Å². The highest BCUT2D eigenvalue weighted by atomic mass is 16.5. The number of amides is 1. The maximum Gasteiger partial charge on any atom is 0.267 e. The van der Waals surface area contributed by atoms with Gasteiger partial charge < -0.3 is 15.0 Å². The minimum atomic E-state index is -0.0669. The van der Waals surface area contributed by atoms with E-state index in [9.17, 15) is 4.79 Å². The van der Waals surface area contributed by atoms with Crippen LogP contribution in [-0.4, -0.2) is 30.6 Å². The van der Waals surface area contributed by atoms with E-state index in [1.54, 1.807) is 0 Å². The lowest BCUT2D eigenvalue weighted by atomic mass is 10.2. The van der Waals surface area contributed by atoms with Gasteiger partial charge in [0.1, 0.15) is 5.69 Å². The van der Waals surface area contributed by atoms with Gasteiger partial charge in [-0.15, -0.1) is 0 Å². The predicted octanol–water partition coefficient (Wildman–Crippen LogP) is 2.32. The molecule has 0 fully saturated rings. The zero-order valence-electron chi connectivity index (χ0n) is 10.5. The van der Waals surface area contributed by atoms with Crippen molar-refractivity contribution in [1.82, 2.24) is 10.3 Å². The number of nitrogens with one attached hydrogen (secondary N) is 2. The van der Waals surface area contributed by atoms with Crippen LogP contribution in [0.2, 0.25) is 0 Å². The van der Waals surface area contributed by atoms with Crippen LogP contribution in [0, 0.1) is 0 Å². The quantitative estimate of drug-likeness (QED) is 0.768. The van der Waals surface area contributed by atoms with Gasteiger partial charge in [0.15, 0.2) is 0 Å².